The number of amides is 1. The molecule has 0 atom stereocenters. The highest BCUT2D eigenvalue weighted by Crippen LogP contribution is 2.32. The van der Waals surface area contributed by atoms with E-state index in [4.69, 9.17) is 23.2 Å². The third-order valence-electron chi connectivity index (χ3n) is 4.53. The molecule has 9 heteroatoms. The van der Waals surface area contributed by atoms with E-state index in [0.717, 1.165) is 13.1 Å². The second-order valence-corrected chi connectivity index (χ2v) is 10.5. The van der Waals surface area contributed by atoms with Gasteiger partial charge in [0.1, 0.15) is 14.2 Å². The van der Waals surface area contributed by atoms with Crippen molar-refractivity contribution in [1.82, 2.24) is 9.80 Å². The van der Waals surface area contributed by atoms with Crippen molar-refractivity contribution in [3.63, 3.8) is 0 Å². The van der Waals surface area contributed by atoms with Crippen LogP contribution in [0.3, 0.4) is 0 Å². The summed E-state index contributed by atoms with van der Waals surface area (Å²) in [5.74, 6) is 0.476. The average Bonchev–Trinajstić information content (AvgIpc) is 2.85. The molecule has 2 fully saturated rings. The van der Waals surface area contributed by atoms with E-state index in [1.165, 1.54) is 11.3 Å². The normalized spacial score (nSPS) is 23.1. The largest absolute Gasteiger partial charge is 0.336 e. The Morgan fingerprint density at radius 1 is 1.13 bits per heavy atom. The molecule has 0 spiro atoms. The van der Waals surface area contributed by atoms with Crippen LogP contribution in [0.5, 0.6) is 0 Å². The third-order valence-corrected chi connectivity index (χ3v) is 7.73. The maximum Gasteiger partial charge on any atom is 0.256 e. The second-order valence-electron chi connectivity index (χ2n) is 5.95. The van der Waals surface area contributed by atoms with Gasteiger partial charge in [-0.05, 0) is 18.9 Å². The predicted molar refractivity (Wildman–Crippen MR) is 93.5 cm³/mol. The summed E-state index contributed by atoms with van der Waals surface area (Å²) in [4.78, 5) is 16.6. The molecule has 0 bridgehead atoms. The summed E-state index contributed by atoms with van der Waals surface area (Å²) < 4.78 is 24.0. The van der Waals surface area contributed by atoms with Crippen molar-refractivity contribution in [2.45, 2.75) is 18.9 Å². The predicted octanol–water partition coefficient (Wildman–Crippen LogP) is 2.39. The Morgan fingerprint density at radius 3 is 2.26 bits per heavy atom. The number of halogens is 2. The van der Waals surface area contributed by atoms with Crippen molar-refractivity contribution < 1.29 is 13.2 Å². The summed E-state index contributed by atoms with van der Waals surface area (Å²) in [6.45, 7) is 2.80. The van der Waals surface area contributed by atoms with Crippen LogP contribution in [0, 0.1) is 0 Å². The van der Waals surface area contributed by atoms with Crippen LogP contribution >= 0.6 is 34.5 Å². The molecule has 23 heavy (non-hydrogen) atoms. The van der Waals surface area contributed by atoms with Gasteiger partial charge in [0.25, 0.3) is 5.91 Å². The summed E-state index contributed by atoms with van der Waals surface area (Å²) in [5, 5.41) is 0. The van der Waals surface area contributed by atoms with Gasteiger partial charge in [-0.1, -0.05) is 23.2 Å². The number of hydrogen-bond donors (Lipinski definition) is 0. The van der Waals surface area contributed by atoms with Gasteiger partial charge in [0.15, 0.2) is 0 Å². The molecular weight excluding hydrogens is 379 g/mol. The Labute approximate surface area is 150 Å². The van der Waals surface area contributed by atoms with E-state index in [0.29, 0.717) is 46.2 Å². The van der Waals surface area contributed by atoms with E-state index in [9.17, 15) is 13.2 Å². The quantitative estimate of drug-likeness (QED) is 0.769. The molecule has 5 nitrogen and oxygen atoms in total. The highest BCUT2D eigenvalue weighted by Gasteiger charge is 2.31. The fourth-order valence-electron chi connectivity index (χ4n) is 3.19. The topological polar surface area (TPSA) is 57.7 Å². The lowest BCUT2D eigenvalue weighted by Gasteiger charge is -2.40. The van der Waals surface area contributed by atoms with Crippen LogP contribution in [-0.4, -0.2) is 67.9 Å². The van der Waals surface area contributed by atoms with E-state index in [1.807, 2.05) is 0 Å². The Hall–Kier alpha value is -0.340. The van der Waals surface area contributed by atoms with Gasteiger partial charge in [-0.3, -0.25) is 9.69 Å². The van der Waals surface area contributed by atoms with Gasteiger partial charge in [-0.15, -0.1) is 11.3 Å². The molecule has 3 heterocycles. The number of carbonyl (C=O) groups is 1. The first kappa shape index (κ1) is 17.5. The van der Waals surface area contributed by atoms with E-state index >= 15 is 0 Å². The first-order chi connectivity index (χ1) is 10.9. The van der Waals surface area contributed by atoms with Gasteiger partial charge < -0.3 is 4.90 Å². The SMILES string of the molecule is O=C(c1cc(Cl)sc1Cl)N1CCN(C2CCS(=O)(=O)CC2)CC1. The molecule has 0 N–H and O–H groups in total. The second kappa shape index (κ2) is 6.88. The Bertz CT molecular complexity index is 683. The van der Waals surface area contributed by atoms with Gasteiger partial charge in [0.2, 0.25) is 0 Å². The standard InChI is InChI=1S/C14H18Cl2N2O3S2/c15-12-9-11(13(16)22-12)14(19)18-5-3-17(4-6-18)10-1-7-23(20,21)8-2-10/h9-10H,1-8H2. The van der Waals surface area contributed by atoms with Gasteiger partial charge in [0, 0.05) is 32.2 Å². The number of hydrogen-bond acceptors (Lipinski definition) is 5. The number of thiophene rings is 1. The molecule has 1 amide bonds. The van der Waals surface area contributed by atoms with E-state index in [2.05, 4.69) is 4.90 Å². The highest BCUT2D eigenvalue weighted by molar-refractivity contribution is 7.91. The monoisotopic (exact) mass is 396 g/mol. The van der Waals surface area contributed by atoms with Gasteiger partial charge in [0.05, 0.1) is 21.4 Å². The summed E-state index contributed by atoms with van der Waals surface area (Å²) in [5.41, 5.74) is 0.471. The summed E-state index contributed by atoms with van der Waals surface area (Å²) in [7, 11) is -2.83. The zero-order chi connectivity index (χ0) is 16.6. The Balaban J connectivity index is 1.56. The minimum Gasteiger partial charge on any atom is -0.336 e. The van der Waals surface area contributed by atoms with Crippen molar-refractivity contribution in [2.75, 3.05) is 37.7 Å². The lowest BCUT2D eigenvalue weighted by atomic mass is 10.1. The number of sulfone groups is 1. The van der Waals surface area contributed by atoms with E-state index in [1.54, 1.807) is 11.0 Å². The van der Waals surface area contributed by atoms with Crippen LogP contribution < -0.4 is 0 Å². The highest BCUT2D eigenvalue weighted by atomic mass is 35.5. The van der Waals surface area contributed by atoms with Crippen LogP contribution in [0.15, 0.2) is 6.07 Å². The van der Waals surface area contributed by atoms with Crippen LogP contribution in [0.1, 0.15) is 23.2 Å². The molecule has 2 aliphatic rings. The average molecular weight is 397 g/mol. The molecule has 2 aliphatic heterocycles. The summed E-state index contributed by atoms with van der Waals surface area (Å²) in [6.07, 6.45) is 1.39. The van der Waals surface area contributed by atoms with Crippen molar-refractivity contribution in [3.8, 4) is 0 Å². The molecule has 0 aliphatic carbocycles. The molecule has 0 aromatic carbocycles. The van der Waals surface area contributed by atoms with Crippen LogP contribution in [0.25, 0.3) is 0 Å². The summed E-state index contributed by atoms with van der Waals surface area (Å²) in [6, 6.07) is 1.94. The summed E-state index contributed by atoms with van der Waals surface area (Å²) >= 11 is 13.2. The molecular formula is C14H18Cl2N2O3S2. The van der Waals surface area contributed by atoms with Gasteiger partial charge >= 0.3 is 0 Å². The first-order valence-corrected chi connectivity index (χ1v) is 10.9. The molecule has 0 radical (unpaired) electrons. The zero-order valence-electron chi connectivity index (χ0n) is 12.5. The van der Waals surface area contributed by atoms with E-state index in [-0.39, 0.29) is 17.4 Å². The minimum absolute atomic E-state index is 0.0796. The Kier molecular flexibility index (Phi) is 5.23. The van der Waals surface area contributed by atoms with Gasteiger partial charge in [-0.2, -0.15) is 0 Å². The molecule has 2 saturated heterocycles. The molecule has 0 unspecified atom stereocenters. The molecule has 1 aromatic heterocycles. The lowest BCUT2D eigenvalue weighted by Crippen LogP contribution is -2.53. The number of rotatable bonds is 2. The van der Waals surface area contributed by atoms with Gasteiger partial charge in [-0.25, -0.2) is 8.42 Å². The molecule has 128 valence electrons. The van der Waals surface area contributed by atoms with Crippen molar-refractivity contribution in [2.24, 2.45) is 0 Å². The maximum atomic E-state index is 12.5. The smallest absolute Gasteiger partial charge is 0.256 e. The number of nitrogens with zero attached hydrogens (tertiary/aromatic N) is 2. The van der Waals surface area contributed by atoms with E-state index < -0.39 is 9.84 Å². The minimum atomic E-state index is -2.83. The fourth-order valence-corrected chi connectivity index (χ4v) is 6.10. The fraction of sp³-hybridized carbons (Fsp3) is 0.643. The first-order valence-electron chi connectivity index (χ1n) is 7.54. The number of piperazine rings is 1. The van der Waals surface area contributed by atoms with Crippen molar-refractivity contribution in [3.05, 3.63) is 20.3 Å². The molecule has 0 saturated carbocycles. The van der Waals surface area contributed by atoms with Crippen LogP contribution in [0.4, 0.5) is 0 Å². The van der Waals surface area contributed by atoms with Crippen LogP contribution in [-0.2, 0) is 9.84 Å². The van der Waals surface area contributed by atoms with Crippen LogP contribution in [0.2, 0.25) is 8.67 Å². The van der Waals surface area contributed by atoms with Crippen molar-refractivity contribution >= 4 is 50.3 Å². The Morgan fingerprint density at radius 2 is 1.74 bits per heavy atom. The third kappa shape index (κ3) is 4.02. The van der Waals surface area contributed by atoms with Crippen molar-refractivity contribution in [1.29, 1.82) is 0 Å². The zero-order valence-corrected chi connectivity index (χ0v) is 15.6. The molecule has 3 rings (SSSR count). The lowest BCUT2D eigenvalue weighted by molar-refractivity contribution is 0.0558. The molecule has 1 aromatic rings. The number of carbonyl (C=O) groups excluding carboxylic acids is 1. The maximum absolute atomic E-state index is 12.5.